The van der Waals surface area contributed by atoms with Gasteiger partial charge in [0.05, 0.1) is 4.92 Å². The van der Waals surface area contributed by atoms with Gasteiger partial charge in [0.1, 0.15) is 0 Å². The Morgan fingerprint density at radius 2 is 1.53 bits per heavy atom. The van der Waals surface area contributed by atoms with Crippen molar-refractivity contribution in [3.8, 4) is 0 Å². The van der Waals surface area contributed by atoms with Gasteiger partial charge in [-0.3, -0.25) is 10.1 Å². The van der Waals surface area contributed by atoms with Crippen LogP contribution in [0.4, 0.5) is 5.69 Å². The Morgan fingerprint density at radius 3 is 2.16 bits per heavy atom. The van der Waals surface area contributed by atoms with Crippen LogP contribution in [-0.2, 0) is 15.2 Å². The standard InChI is InChI=1S/C26H22N2O4/c1-18-17-25(2)26(21-11-7-4-8-12-21,23(18)19-9-5-3-6-10-19)31-24(27-32-25)20-13-15-22(16-14-20)28(29)30/h3-16H,17H2,1-2H3/t25-,26-/m1/s1. The number of fused-ring (bicyclic) bond motifs is 1. The lowest BCUT2D eigenvalue weighted by atomic mass is 9.74. The first-order valence-corrected chi connectivity index (χ1v) is 10.5. The lowest BCUT2D eigenvalue weighted by Crippen LogP contribution is -2.54. The van der Waals surface area contributed by atoms with Gasteiger partial charge in [-0.25, -0.2) is 0 Å². The number of non-ortho nitro benzene ring substituents is 1. The van der Waals surface area contributed by atoms with Gasteiger partial charge in [0, 0.05) is 35.3 Å². The summed E-state index contributed by atoms with van der Waals surface area (Å²) < 4.78 is 6.81. The molecule has 1 heterocycles. The fraction of sp³-hybridized carbons (Fsp3) is 0.192. The Labute approximate surface area is 185 Å². The summed E-state index contributed by atoms with van der Waals surface area (Å²) in [6, 6.07) is 26.4. The van der Waals surface area contributed by atoms with E-state index in [4.69, 9.17) is 9.57 Å². The number of rotatable bonds is 4. The number of benzene rings is 3. The summed E-state index contributed by atoms with van der Waals surface area (Å²) >= 11 is 0. The van der Waals surface area contributed by atoms with Gasteiger partial charge in [0.2, 0.25) is 5.60 Å². The van der Waals surface area contributed by atoms with E-state index in [2.05, 4.69) is 24.2 Å². The van der Waals surface area contributed by atoms with Gasteiger partial charge in [-0.05, 0) is 36.7 Å². The van der Waals surface area contributed by atoms with E-state index in [1.54, 1.807) is 12.1 Å². The maximum Gasteiger partial charge on any atom is 0.269 e. The quantitative estimate of drug-likeness (QED) is 0.388. The van der Waals surface area contributed by atoms with E-state index >= 15 is 0 Å². The summed E-state index contributed by atoms with van der Waals surface area (Å²) in [4.78, 5) is 16.8. The van der Waals surface area contributed by atoms with Gasteiger partial charge in [0.25, 0.3) is 11.6 Å². The van der Waals surface area contributed by atoms with Crippen molar-refractivity contribution in [3.63, 3.8) is 0 Å². The molecule has 0 unspecified atom stereocenters. The predicted octanol–water partition coefficient (Wildman–Crippen LogP) is 5.83. The van der Waals surface area contributed by atoms with Gasteiger partial charge in [-0.15, -0.1) is 0 Å². The average Bonchev–Trinajstić information content (AvgIpc) is 3.06. The molecule has 0 saturated carbocycles. The first-order chi connectivity index (χ1) is 15.4. The largest absolute Gasteiger partial charge is 0.454 e. The van der Waals surface area contributed by atoms with Crippen molar-refractivity contribution in [1.82, 2.24) is 0 Å². The van der Waals surface area contributed by atoms with Gasteiger partial charge < -0.3 is 9.57 Å². The third-order valence-corrected chi connectivity index (χ3v) is 6.27. The predicted molar refractivity (Wildman–Crippen MR) is 122 cm³/mol. The molecule has 0 aromatic heterocycles. The number of hydrogen-bond donors (Lipinski definition) is 0. The molecule has 0 N–H and O–H groups in total. The third-order valence-electron chi connectivity index (χ3n) is 6.27. The molecule has 0 spiro atoms. The first kappa shape index (κ1) is 20.0. The van der Waals surface area contributed by atoms with Gasteiger partial charge in [-0.2, -0.15) is 0 Å². The van der Waals surface area contributed by atoms with Crippen molar-refractivity contribution in [1.29, 1.82) is 0 Å². The SMILES string of the molecule is CC1=C(c2ccccc2)[C@@]2(c3ccccc3)OC(c3ccc([N+](=O)[O-])cc3)=NO[C@]2(C)C1. The highest BCUT2D eigenvalue weighted by Crippen LogP contribution is 2.59. The van der Waals surface area contributed by atoms with Crippen LogP contribution in [0.1, 0.15) is 37.0 Å². The van der Waals surface area contributed by atoms with E-state index in [0.29, 0.717) is 17.9 Å². The van der Waals surface area contributed by atoms with Crippen molar-refractivity contribution >= 4 is 17.2 Å². The fourth-order valence-electron chi connectivity index (χ4n) is 4.92. The van der Waals surface area contributed by atoms with Crippen molar-refractivity contribution in [2.75, 3.05) is 0 Å². The highest BCUT2D eigenvalue weighted by atomic mass is 16.7. The molecule has 160 valence electrons. The van der Waals surface area contributed by atoms with Crippen molar-refractivity contribution < 1.29 is 14.5 Å². The fourth-order valence-corrected chi connectivity index (χ4v) is 4.92. The highest BCUT2D eigenvalue weighted by Gasteiger charge is 2.64. The van der Waals surface area contributed by atoms with E-state index < -0.39 is 16.1 Å². The summed E-state index contributed by atoms with van der Waals surface area (Å²) in [5.41, 5.74) is 3.19. The Bertz CT molecular complexity index is 1240. The number of ether oxygens (including phenoxy) is 1. The maximum atomic E-state index is 11.1. The molecule has 2 aliphatic rings. The Kier molecular flexibility index (Phi) is 4.59. The molecule has 6 heteroatoms. The minimum absolute atomic E-state index is 0.00951. The minimum atomic E-state index is -0.932. The summed E-state index contributed by atoms with van der Waals surface area (Å²) in [5, 5.41) is 15.4. The number of hydrogen-bond acceptors (Lipinski definition) is 5. The molecule has 5 rings (SSSR count). The van der Waals surface area contributed by atoms with Crippen LogP contribution in [0.25, 0.3) is 5.57 Å². The normalized spacial score (nSPS) is 24.2. The van der Waals surface area contributed by atoms with Crippen LogP contribution in [0, 0.1) is 10.1 Å². The average molecular weight is 426 g/mol. The van der Waals surface area contributed by atoms with Crippen LogP contribution in [0.5, 0.6) is 0 Å². The van der Waals surface area contributed by atoms with Crippen LogP contribution < -0.4 is 0 Å². The smallest absolute Gasteiger partial charge is 0.269 e. The highest BCUT2D eigenvalue weighted by molar-refractivity contribution is 5.97. The molecule has 0 radical (unpaired) electrons. The van der Waals surface area contributed by atoms with E-state index in [1.807, 2.05) is 55.5 Å². The molecule has 0 bridgehead atoms. The van der Waals surface area contributed by atoms with E-state index in [9.17, 15) is 10.1 Å². The molecular weight excluding hydrogens is 404 g/mol. The molecular formula is C26H22N2O4. The number of nitrogens with zero attached hydrogens (tertiary/aromatic N) is 2. The molecule has 0 fully saturated rings. The first-order valence-electron chi connectivity index (χ1n) is 10.5. The van der Waals surface area contributed by atoms with Crippen LogP contribution in [0.3, 0.4) is 0 Å². The summed E-state index contributed by atoms with van der Waals surface area (Å²) in [6.07, 6.45) is 0.656. The second-order valence-corrected chi connectivity index (χ2v) is 8.37. The lowest BCUT2D eigenvalue weighted by molar-refractivity contribution is -0.384. The molecule has 0 saturated heterocycles. The second kappa shape index (κ2) is 7.34. The molecule has 1 aliphatic carbocycles. The Balaban J connectivity index is 1.69. The zero-order chi connectivity index (χ0) is 22.3. The molecule has 3 aromatic rings. The molecule has 1 aliphatic heterocycles. The molecule has 0 amide bonds. The van der Waals surface area contributed by atoms with Gasteiger partial charge >= 0.3 is 0 Å². The molecule has 2 atom stereocenters. The molecule has 3 aromatic carbocycles. The lowest BCUT2D eigenvalue weighted by Gasteiger charge is -2.46. The second-order valence-electron chi connectivity index (χ2n) is 8.37. The molecule has 32 heavy (non-hydrogen) atoms. The summed E-state index contributed by atoms with van der Waals surface area (Å²) in [5.74, 6) is 0.296. The van der Waals surface area contributed by atoms with Crippen molar-refractivity contribution in [2.45, 2.75) is 31.5 Å². The Morgan fingerprint density at radius 1 is 0.906 bits per heavy atom. The van der Waals surface area contributed by atoms with Gasteiger partial charge in [-0.1, -0.05) is 66.2 Å². The molecule has 6 nitrogen and oxygen atoms in total. The van der Waals surface area contributed by atoms with E-state index in [0.717, 1.165) is 16.7 Å². The van der Waals surface area contributed by atoms with Crippen LogP contribution in [0.15, 0.2) is 95.7 Å². The van der Waals surface area contributed by atoms with Crippen LogP contribution in [0.2, 0.25) is 0 Å². The summed E-state index contributed by atoms with van der Waals surface area (Å²) in [6.45, 7) is 4.13. The van der Waals surface area contributed by atoms with Crippen LogP contribution >= 0.6 is 0 Å². The monoisotopic (exact) mass is 426 g/mol. The Hall–Kier alpha value is -3.93. The minimum Gasteiger partial charge on any atom is -0.454 e. The number of oxime groups is 1. The van der Waals surface area contributed by atoms with E-state index in [1.165, 1.54) is 17.7 Å². The van der Waals surface area contributed by atoms with E-state index in [-0.39, 0.29) is 5.69 Å². The van der Waals surface area contributed by atoms with Gasteiger partial charge in [0.15, 0.2) is 5.60 Å². The number of nitro benzene ring substituents is 1. The topological polar surface area (TPSA) is 74.0 Å². The zero-order valence-electron chi connectivity index (χ0n) is 17.8. The number of nitro groups is 1. The van der Waals surface area contributed by atoms with Crippen molar-refractivity contribution in [3.05, 3.63) is 117 Å². The van der Waals surface area contributed by atoms with Crippen LogP contribution in [-0.4, -0.2) is 16.4 Å². The third kappa shape index (κ3) is 2.91. The van der Waals surface area contributed by atoms with Crippen molar-refractivity contribution in [2.24, 2.45) is 5.16 Å². The maximum absolute atomic E-state index is 11.1. The zero-order valence-corrected chi connectivity index (χ0v) is 17.8. The summed E-state index contributed by atoms with van der Waals surface area (Å²) in [7, 11) is 0.